The van der Waals surface area contributed by atoms with Crippen molar-refractivity contribution in [2.75, 3.05) is 0 Å². The molecule has 0 saturated carbocycles. The van der Waals surface area contributed by atoms with Crippen LogP contribution >= 0.6 is 11.3 Å². The molecule has 4 aromatic rings. The van der Waals surface area contributed by atoms with E-state index in [1.165, 1.54) is 10.8 Å². The van der Waals surface area contributed by atoms with Crippen LogP contribution in [0, 0.1) is 0 Å². The molecule has 0 aliphatic heterocycles. The predicted molar refractivity (Wildman–Crippen MR) is 120 cm³/mol. The van der Waals surface area contributed by atoms with Crippen LogP contribution in [0.2, 0.25) is 0 Å². The number of nitrogens with zero attached hydrogens (tertiary/aromatic N) is 3. The monoisotopic (exact) mass is 383 g/mol. The van der Waals surface area contributed by atoms with Gasteiger partial charge in [0, 0.05) is 11.9 Å². The van der Waals surface area contributed by atoms with Crippen molar-refractivity contribution >= 4 is 27.8 Å². The molecule has 0 radical (unpaired) electrons. The molecule has 1 heterocycles. The summed E-state index contributed by atoms with van der Waals surface area (Å²) in [5.41, 5.74) is 4.27. The smallest absolute Gasteiger partial charge is 0.211 e. The van der Waals surface area contributed by atoms with Crippen molar-refractivity contribution in [3.63, 3.8) is 0 Å². The van der Waals surface area contributed by atoms with Crippen LogP contribution in [-0.2, 0) is 6.54 Å². The molecular formula is C24H21N3S. The minimum atomic E-state index is 0.692. The summed E-state index contributed by atoms with van der Waals surface area (Å²) >= 11 is 1.59. The van der Waals surface area contributed by atoms with E-state index in [9.17, 15) is 0 Å². The van der Waals surface area contributed by atoms with Crippen LogP contribution in [0.1, 0.15) is 12.5 Å². The van der Waals surface area contributed by atoms with Crippen LogP contribution in [0.5, 0.6) is 0 Å². The second kappa shape index (κ2) is 8.19. The van der Waals surface area contributed by atoms with Crippen molar-refractivity contribution in [1.29, 1.82) is 0 Å². The molecule has 4 heteroatoms. The van der Waals surface area contributed by atoms with E-state index in [1.54, 1.807) is 11.3 Å². The first-order valence-corrected chi connectivity index (χ1v) is 10.1. The summed E-state index contributed by atoms with van der Waals surface area (Å²) in [6.45, 7) is 6.58. The molecule has 28 heavy (non-hydrogen) atoms. The topological polar surface area (TPSA) is 29.6 Å². The van der Waals surface area contributed by atoms with E-state index < -0.39 is 0 Å². The molecule has 0 fully saturated rings. The Bertz CT molecular complexity index is 1210. The van der Waals surface area contributed by atoms with Gasteiger partial charge in [0.1, 0.15) is 0 Å². The lowest BCUT2D eigenvalue weighted by Crippen LogP contribution is -2.15. The maximum Gasteiger partial charge on any atom is 0.211 e. The predicted octanol–water partition coefficient (Wildman–Crippen LogP) is 5.88. The maximum atomic E-state index is 4.55. The number of rotatable bonds is 5. The number of benzene rings is 3. The van der Waals surface area contributed by atoms with Gasteiger partial charge in [-0.05, 0) is 34.9 Å². The summed E-state index contributed by atoms with van der Waals surface area (Å²) in [5, 5.41) is 13.6. The Labute approximate surface area is 168 Å². The molecule has 0 bridgehead atoms. The quantitative estimate of drug-likeness (QED) is 0.234. The molecular weight excluding hydrogens is 362 g/mol. The highest BCUT2D eigenvalue weighted by molar-refractivity contribution is 7.07. The first-order valence-electron chi connectivity index (χ1n) is 9.18. The van der Waals surface area contributed by atoms with E-state index in [0.29, 0.717) is 6.54 Å². The third-order valence-corrected chi connectivity index (χ3v) is 5.49. The zero-order valence-electron chi connectivity index (χ0n) is 15.7. The molecule has 0 aliphatic carbocycles. The highest BCUT2D eigenvalue weighted by atomic mass is 32.1. The van der Waals surface area contributed by atoms with E-state index in [-0.39, 0.29) is 0 Å². The van der Waals surface area contributed by atoms with Crippen LogP contribution < -0.4 is 4.80 Å². The lowest BCUT2D eigenvalue weighted by atomic mass is 10.0. The Morgan fingerprint density at radius 1 is 1.00 bits per heavy atom. The van der Waals surface area contributed by atoms with Crippen molar-refractivity contribution < 1.29 is 0 Å². The van der Waals surface area contributed by atoms with E-state index >= 15 is 0 Å². The lowest BCUT2D eigenvalue weighted by molar-refractivity contribution is 0.788. The Balaban J connectivity index is 1.73. The van der Waals surface area contributed by atoms with Gasteiger partial charge in [0.05, 0.1) is 11.4 Å². The Hall–Kier alpha value is -3.24. The van der Waals surface area contributed by atoms with E-state index in [2.05, 4.69) is 81.3 Å². The molecule has 0 amide bonds. The molecule has 0 atom stereocenters. The molecule has 0 aliphatic rings. The number of allylic oxidation sites excluding steroid dienone is 1. The lowest BCUT2D eigenvalue weighted by Gasteiger charge is -2.06. The molecule has 138 valence electrons. The van der Waals surface area contributed by atoms with E-state index in [1.807, 2.05) is 31.2 Å². The minimum absolute atomic E-state index is 0.692. The highest BCUT2D eigenvalue weighted by Crippen LogP contribution is 2.20. The molecule has 4 rings (SSSR count). The van der Waals surface area contributed by atoms with Gasteiger partial charge in [-0.15, -0.1) is 23.0 Å². The van der Waals surface area contributed by atoms with Gasteiger partial charge in [-0.1, -0.05) is 72.8 Å². The largest absolute Gasteiger partial charge is 0.311 e. The Kier molecular flexibility index (Phi) is 5.31. The summed E-state index contributed by atoms with van der Waals surface area (Å²) in [7, 11) is 0. The van der Waals surface area contributed by atoms with Crippen LogP contribution in [0.3, 0.4) is 0 Å². The molecule has 0 unspecified atom stereocenters. The average molecular weight is 384 g/mol. The van der Waals surface area contributed by atoms with Gasteiger partial charge in [0.15, 0.2) is 0 Å². The highest BCUT2D eigenvalue weighted by Gasteiger charge is 2.06. The summed E-state index contributed by atoms with van der Waals surface area (Å²) in [6, 6.07) is 25.0. The number of thiazole rings is 1. The third-order valence-electron chi connectivity index (χ3n) is 4.63. The number of hydrogen-bond acceptors (Lipinski definition) is 3. The maximum absolute atomic E-state index is 4.55. The van der Waals surface area contributed by atoms with Gasteiger partial charge in [-0.2, -0.15) is 5.10 Å². The third kappa shape index (κ3) is 3.73. The average Bonchev–Trinajstić information content (AvgIpc) is 3.15. The van der Waals surface area contributed by atoms with Crippen molar-refractivity contribution in [2.45, 2.75) is 13.5 Å². The Morgan fingerprint density at radius 2 is 1.75 bits per heavy atom. The first kappa shape index (κ1) is 18.1. The summed E-state index contributed by atoms with van der Waals surface area (Å²) in [6.07, 6.45) is 1.89. The van der Waals surface area contributed by atoms with Crippen LogP contribution in [-0.4, -0.2) is 10.3 Å². The van der Waals surface area contributed by atoms with Crippen LogP contribution in [0.25, 0.3) is 22.0 Å². The molecule has 3 aromatic carbocycles. The van der Waals surface area contributed by atoms with Gasteiger partial charge in [0.25, 0.3) is 0 Å². The summed E-state index contributed by atoms with van der Waals surface area (Å²) in [5.74, 6) is 0. The summed E-state index contributed by atoms with van der Waals surface area (Å²) in [4.78, 5) is 0.860. The van der Waals surface area contributed by atoms with Gasteiger partial charge >= 0.3 is 0 Å². The molecule has 0 saturated heterocycles. The number of aromatic nitrogens is 1. The fourth-order valence-corrected chi connectivity index (χ4v) is 4.01. The minimum Gasteiger partial charge on any atom is -0.311 e. The van der Waals surface area contributed by atoms with Crippen molar-refractivity contribution in [2.24, 2.45) is 10.2 Å². The van der Waals surface area contributed by atoms with Gasteiger partial charge < -0.3 is 4.57 Å². The fourth-order valence-electron chi connectivity index (χ4n) is 3.14. The van der Waals surface area contributed by atoms with Crippen LogP contribution in [0.15, 0.2) is 101 Å². The van der Waals surface area contributed by atoms with Crippen molar-refractivity contribution in [3.8, 4) is 11.3 Å². The zero-order valence-corrected chi connectivity index (χ0v) is 16.6. The van der Waals surface area contributed by atoms with E-state index in [4.69, 9.17) is 0 Å². The first-order chi connectivity index (χ1) is 13.8. The number of hydrogen-bond donors (Lipinski definition) is 0. The van der Waals surface area contributed by atoms with Crippen LogP contribution in [0.4, 0.5) is 0 Å². The van der Waals surface area contributed by atoms with Crippen molar-refractivity contribution in [3.05, 3.63) is 101 Å². The normalized spacial score (nSPS) is 12.5. The summed E-state index contributed by atoms with van der Waals surface area (Å²) < 4.78 is 2.14. The Morgan fingerprint density at radius 3 is 2.54 bits per heavy atom. The SMILES string of the molecule is C=CCn1c(-c2ccccc2)csc1=NN=C(C)c1ccc2ccccc2c1. The zero-order chi connectivity index (χ0) is 19.3. The second-order valence-corrected chi connectivity index (χ2v) is 7.35. The second-order valence-electron chi connectivity index (χ2n) is 6.52. The molecule has 0 spiro atoms. The molecule has 3 nitrogen and oxygen atoms in total. The van der Waals surface area contributed by atoms with Crippen molar-refractivity contribution in [1.82, 2.24) is 4.57 Å². The van der Waals surface area contributed by atoms with Gasteiger partial charge in [-0.25, -0.2) is 0 Å². The fraction of sp³-hybridized carbons (Fsp3) is 0.0833. The van der Waals surface area contributed by atoms with Gasteiger partial charge in [0.2, 0.25) is 4.80 Å². The van der Waals surface area contributed by atoms with E-state index in [0.717, 1.165) is 27.3 Å². The van der Waals surface area contributed by atoms with Gasteiger partial charge in [-0.3, -0.25) is 0 Å². The number of fused-ring (bicyclic) bond motifs is 1. The standard InChI is InChI=1S/C24H21N3S/c1-3-15-27-23(20-10-5-4-6-11-20)17-28-24(27)26-25-18(2)21-14-13-19-9-7-8-12-22(19)16-21/h3-14,16-17H,1,15H2,2H3. The molecule has 1 aromatic heterocycles. The molecule has 0 N–H and O–H groups in total.